The van der Waals surface area contributed by atoms with E-state index in [1.165, 1.54) is 193 Å². The number of hydrogen-bond acceptors (Lipinski definition) is 6. The highest BCUT2D eigenvalue weighted by Gasteiger charge is 2.19. The van der Waals surface area contributed by atoms with Gasteiger partial charge in [-0.05, 0) is 44.9 Å². The lowest BCUT2D eigenvalue weighted by atomic mass is 10.0. The standard InChI is InChI=1S/C53H100O6/c1-4-7-10-13-16-19-22-24-26-27-28-30-31-34-37-40-43-46-52(55)58-49-50(48-57-51(54)45-42-39-36-33-21-18-15-12-9-6-3)59-53(56)47-44-41-38-35-32-29-25-23-20-17-14-11-8-5-2/h24,26,50H,4-23,25,27-49H2,1-3H3/b26-24-. The average Bonchev–Trinajstić information content (AvgIpc) is 3.23. The highest BCUT2D eigenvalue weighted by molar-refractivity contribution is 5.71. The van der Waals surface area contributed by atoms with Crippen LogP contribution < -0.4 is 0 Å². The molecule has 1 atom stereocenters. The van der Waals surface area contributed by atoms with E-state index in [1.807, 2.05) is 0 Å². The molecular formula is C53H100O6. The normalized spacial score (nSPS) is 12.0. The van der Waals surface area contributed by atoms with Gasteiger partial charge in [-0.3, -0.25) is 14.4 Å². The summed E-state index contributed by atoms with van der Waals surface area (Å²) in [7, 11) is 0. The highest BCUT2D eigenvalue weighted by atomic mass is 16.6. The maximum absolute atomic E-state index is 12.8. The SMILES string of the molecule is CCCCCCCC/C=C\CCCCCCCCCC(=O)OCC(COC(=O)CCCCCCCCCCCC)OC(=O)CCCCCCCCCCCCCCCC. The number of rotatable bonds is 48. The third-order valence-corrected chi connectivity index (χ3v) is 11.8. The maximum atomic E-state index is 12.8. The molecule has 0 fully saturated rings. The summed E-state index contributed by atoms with van der Waals surface area (Å²) in [5, 5.41) is 0. The molecule has 0 amide bonds. The molecule has 0 aromatic heterocycles. The molecule has 0 heterocycles. The fraction of sp³-hybridized carbons (Fsp3) is 0.906. The van der Waals surface area contributed by atoms with Crippen molar-refractivity contribution in [2.24, 2.45) is 0 Å². The number of unbranched alkanes of at least 4 members (excludes halogenated alkanes) is 35. The van der Waals surface area contributed by atoms with E-state index in [1.54, 1.807) is 0 Å². The number of hydrogen-bond donors (Lipinski definition) is 0. The molecule has 0 N–H and O–H groups in total. The van der Waals surface area contributed by atoms with Crippen LogP contribution >= 0.6 is 0 Å². The number of ether oxygens (including phenoxy) is 3. The zero-order valence-electron chi connectivity index (χ0n) is 39.8. The second kappa shape index (κ2) is 48.8. The molecule has 59 heavy (non-hydrogen) atoms. The van der Waals surface area contributed by atoms with Gasteiger partial charge in [-0.1, -0.05) is 238 Å². The Labute approximate surface area is 367 Å². The van der Waals surface area contributed by atoms with E-state index in [4.69, 9.17) is 14.2 Å². The van der Waals surface area contributed by atoms with Crippen LogP contribution in [0.3, 0.4) is 0 Å². The van der Waals surface area contributed by atoms with Gasteiger partial charge in [0.15, 0.2) is 6.10 Å². The Hall–Kier alpha value is -1.85. The van der Waals surface area contributed by atoms with Crippen LogP contribution in [0, 0.1) is 0 Å². The summed E-state index contributed by atoms with van der Waals surface area (Å²) in [6.45, 7) is 6.65. The zero-order chi connectivity index (χ0) is 43.0. The summed E-state index contributed by atoms with van der Waals surface area (Å²) in [6, 6.07) is 0. The fourth-order valence-electron chi connectivity index (χ4n) is 7.79. The van der Waals surface area contributed by atoms with Crippen LogP contribution in [-0.4, -0.2) is 37.2 Å². The van der Waals surface area contributed by atoms with E-state index in [0.29, 0.717) is 19.3 Å². The summed E-state index contributed by atoms with van der Waals surface area (Å²) in [6.07, 6.45) is 53.3. The molecule has 0 saturated carbocycles. The lowest BCUT2D eigenvalue weighted by Crippen LogP contribution is -2.30. The molecule has 0 aliphatic rings. The minimum absolute atomic E-state index is 0.0662. The molecule has 1 unspecified atom stereocenters. The minimum atomic E-state index is -0.764. The molecule has 0 aliphatic heterocycles. The Bertz CT molecular complexity index is 916. The van der Waals surface area contributed by atoms with Crippen LogP contribution in [0.25, 0.3) is 0 Å². The first-order valence-corrected chi connectivity index (χ1v) is 26.2. The number of carbonyl (C=O) groups excluding carboxylic acids is 3. The Morgan fingerprint density at radius 3 is 0.847 bits per heavy atom. The second-order valence-corrected chi connectivity index (χ2v) is 17.8. The Morgan fingerprint density at radius 2 is 0.559 bits per heavy atom. The third-order valence-electron chi connectivity index (χ3n) is 11.8. The van der Waals surface area contributed by atoms with Crippen molar-refractivity contribution in [3.05, 3.63) is 12.2 Å². The average molecular weight is 833 g/mol. The molecule has 348 valence electrons. The van der Waals surface area contributed by atoms with E-state index in [9.17, 15) is 14.4 Å². The van der Waals surface area contributed by atoms with E-state index in [2.05, 4.69) is 32.9 Å². The lowest BCUT2D eigenvalue weighted by molar-refractivity contribution is -0.167. The van der Waals surface area contributed by atoms with Gasteiger partial charge < -0.3 is 14.2 Å². The van der Waals surface area contributed by atoms with Gasteiger partial charge in [0.2, 0.25) is 0 Å². The smallest absolute Gasteiger partial charge is 0.306 e. The van der Waals surface area contributed by atoms with E-state index < -0.39 is 6.10 Å². The van der Waals surface area contributed by atoms with Crippen LogP contribution in [0.2, 0.25) is 0 Å². The summed E-state index contributed by atoms with van der Waals surface area (Å²) >= 11 is 0. The molecule has 0 rings (SSSR count). The molecule has 0 bridgehead atoms. The lowest BCUT2D eigenvalue weighted by Gasteiger charge is -2.18. The molecule has 6 heteroatoms. The van der Waals surface area contributed by atoms with Crippen LogP contribution in [0.5, 0.6) is 0 Å². The van der Waals surface area contributed by atoms with Crippen molar-refractivity contribution in [2.75, 3.05) is 13.2 Å². The van der Waals surface area contributed by atoms with E-state index in [0.717, 1.165) is 57.8 Å². The number of allylic oxidation sites excluding steroid dienone is 2. The van der Waals surface area contributed by atoms with Gasteiger partial charge >= 0.3 is 17.9 Å². The molecule has 0 radical (unpaired) electrons. The van der Waals surface area contributed by atoms with E-state index in [-0.39, 0.29) is 31.1 Å². The van der Waals surface area contributed by atoms with E-state index >= 15 is 0 Å². The van der Waals surface area contributed by atoms with Crippen molar-refractivity contribution in [2.45, 2.75) is 297 Å². The second-order valence-electron chi connectivity index (χ2n) is 17.8. The van der Waals surface area contributed by atoms with Gasteiger partial charge in [0, 0.05) is 19.3 Å². The fourth-order valence-corrected chi connectivity index (χ4v) is 7.79. The molecule has 0 aromatic rings. The maximum Gasteiger partial charge on any atom is 0.306 e. The molecule has 0 aromatic carbocycles. The predicted octanol–water partition coefficient (Wildman–Crippen LogP) is 17.0. The summed E-state index contributed by atoms with van der Waals surface area (Å²) in [5.41, 5.74) is 0. The third kappa shape index (κ3) is 47.1. The number of carbonyl (C=O) groups is 3. The Balaban J connectivity index is 4.29. The van der Waals surface area contributed by atoms with Crippen molar-refractivity contribution in [3.63, 3.8) is 0 Å². The monoisotopic (exact) mass is 833 g/mol. The predicted molar refractivity (Wildman–Crippen MR) is 252 cm³/mol. The zero-order valence-corrected chi connectivity index (χ0v) is 39.8. The minimum Gasteiger partial charge on any atom is -0.462 e. The number of esters is 3. The molecule has 6 nitrogen and oxygen atoms in total. The molecular weight excluding hydrogens is 733 g/mol. The van der Waals surface area contributed by atoms with Crippen LogP contribution in [0.15, 0.2) is 12.2 Å². The Morgan fingerprint density at radius 1 is 0.322 bits per heavy atom. The highest BCUT2D eigenvalue weighted by Crippen LogP contribution is 2.16. The molecule has 0 spiro atoms. The van der Waals surface area contributed by atoms with Crippen molar-refractivity contribution in [1.29, 1.82) is 0 Å². The van der Waals surface area contributed by atoms with Crippen molar-refractivity contribution < 1.29 is 28.6 Å². The van der Waals surface area contributed by atoms with Crippen molar-refractivity contribution >= 4 is 17.9 Å². The largest absolute Gasteiger partial charge is 0.462 e. The van der Waals surface area contributed by atoms with Gasteiger partial charge in [0.25, 0.3) is 0 Å². The van der Waals surface area contributed by atoms with Gasteiger partial charge in [-0.2, -0.15) is 0 Å². The summed E-state index contributed by atoms with van der Waals surface area (Å²) in [4.78, 5) is 37.9. The van der Waals surface area contributed by atoms with Gasteiger partial charge in [-0.25, -0.2) is 0 Å². The molecule has 0 aliphatic carbocycles. The van der Waals surface area contributed by atoms with Crippen LogP contribution in [0.1, 0.15) is 290 Å². The van der Waals surface area contributed by atoms with Crippen molar-refractivity contribution in [1.82, 2.24) is 0 Å². The molecule has 0 saturated heterocycles. The first-order chi connectivity index (χ1) is 29.0. The summed E-state index contributed by atoms with van der Waals surface area (Å²) in [5.74, 6) is -0.855. The van der Waals surface area contributed by atoms with Crippen LogP contribution in [0.4, 0.5) is 0 Å². The quantitative estimate of drug-likeness (QED) is 0.0263. The van der Waals surface area contributed by atoms with Gasteiger partial charge in [0.1, 0.15) is 13.2 Å². The first-order valence-electron chi connectivity index (χ1n) is 26.2. The van der Waals surface area contributed by atoms with Gasteiger partial charge in [-0.15, -0.1) is 0 Å². The summed E-state index contributed by atoms with van der Waals surface area (Å²) < 4.78 is 16.8. The van der Waals surface area contributed by atoms with Crippen molar-refractivity contribution in [3.8, 4) is 0 Å². The van der Waals surface area contributed by atoms with Gasteiger partial charge in [0.05, 0.1) is 0 Å². The topological polar surface area (TPSA) is 78.9 Å². The Kier molecular flexibility index (Phi) is 47.3. The van der Waals surface area contributed by atoms with Crippen LogP contribution in [-0.2, 0) is 28.6 Å². The first kappa shape index (κ1) is 57.1.